The van der Waals surface area contributed by atoms with Crippen molar-refractivity contribution in [3.05, 3.63) is 83.6 Å². The summed E-state index contributed by atoms with van der Waals surface area (Å²) >= 11 is 0. The van der Waals surface area contributed by atoms with Crippen molar-refractivity contribution < 1.29 is 86.8 Å². The van der Waals surface area contributed by atoms with E-state index in [0.29, 0.717) is 56.0 Å². The summed E-state index contributed by atoms with van der Waals surface area (Å²) in [6.07, 6.45) is 2.41. The molecule has 10 rings (SSSR count). The predicted molar refractivity (Wildman–Crippen MR) is 245 cm³/mol. The normalized spacial score (nSPS) is 12.6. The highest BCUT2D eigenvalue weighted by Crippen LogP contribution is 2.63. The molecule has 2 heterocycles. The van der Waals surface area contributed by atoms with Gasteiger partial charge in [-0.25, -0.2) is 0 Å². The highest BCUT2D eigenvalue weighted by molar-refractivity contribution is 6.37. The van der Waals surface area contributed by atoms with Crippen molar-refractivity contribution >= 4 is 57.7 Å². The Morgan fingerprint density at radius 2 is 0.750 bits per heavy atom. The lowest BCUT2D eigenvalue weighted by Crippen LogP contribution is -2.06. The number of fused-ring (bicyclic) bond motifs is 6. The summed E-state index contributed by atoms with van der Waals surface area (Å²) in [6, 6.07) is 18.9. The first-order valence-corrected chi connectivity index (χ1v) is 20.1. The third-order valence-electron chi connectivity index (χ3n) is 12.5. The van der Waals surface area contributed by atoms with Crippen molar-refractivity contribution in [2.24, 2.45) is 0 Å². The van der Waals surface area contributed by atoms with Gasteiger partial charge in [-0.05, 0) is 59.8 Å². The number of aromatic hydroxyl groups is 17. The van der Waals surface area contributed by atoms with Crippen LogP contribution in [0.1, 0.15) is 23.2 Å². The molecule has 0 amide bonds. The monoisotopic (exact) mass is 920 g/mol. The number of hydrogen-bond acceptors (Lipinski definition) is 17. The molecule has 1 aliphatic rings. The minimum atomic E-state index is -1.34. The van der Waals surface area contributed by atoms with Crippen LogP contribution in [0.4, 0.5) is 0 Å². The Morgan fingerprint density at radius 1 is 0.353 bits per heavy atom. The zero-order valence-electron chi connectivity index (χ0n) is 34.4. The van der Waals surface area contributed by atoms with Crippen molar-refractivity contribution in [3.63, 3.8) is 0 Å². The van der Waals surface area contributed by atoms with Gasteiger partial charge in [-0.2, -0.15) is 0 Å². The van der Waals surface area contributed by atoms with Gasteiger partial charge in [-0.15, -0.1) is 0 Å². The fourth-order valence-corrected chi connectivity index (χ4v) is 9.27. The smallest absolute Gasteiger partial charge is 0.208 e. The molecule has 340 valence electrons. The minimum absolute atomic E-state index is 0.224. The molecule has 9 aromatic rings. The second kappa shape index (κ2) is 14.4. The predicted octanol–water partition coefficient (Wildman–Crippen LogP) is 6.34. The maximum absolute atomic E-state index is 11.5. The van der Waals surface area contributed by atoms with Crippen molar-refractivity contribution in [1.82, 2.24) is 9.13 Å². The van der Waals surface area contributed by atoms with Gasteiger partial charge in [0, 0.05) is 27.4 Å². The lowest BCUT2D eigenvalue weighted by molar-refractivity contribution is 0.329. The first-order valence-electron chi connectivity index (χ1n) is 20.1. The molecule has 0 fully saturated rings. The van der Waals surface area contributed by atoms with Crippen LogP contribution in [0.25, 0.3) is 78.0 Å². The van der Waals surface area contributed by atoms with Gasteiger partial charge in [0.1, 0.15) is 25.0 Å². The highest BCUT2D eigenvalue weighted by Gasteiger charge is 2.36. The number of allylic oxidation sites excluding steroid dienone is 1. The van der Waals surface area contributed by atoms with Gasteiger partial charge in [0.15, 0.2) is 69.0 Å². The Hall–Kier alpha value is -9.72. The Labute approximate surface area is 380 Å². The molecule has 0 spiro atoms. The molecule has 0 atom stereocenters. The Balaban J connectivity index is 1.13. The number of para-hydroxylation sites is 2. The van der Waals surface area contributed by atoms with Gasteiger partial charge in [0.05, 0.1) is 38.8 Å². The molecule has 20 heteroatoms. The Morgan fingerprint density at radius 3 is 1.28 bits per heavy atom. The van der Waals surface area contributed by atoms with Crippen molar-refractivity contribution in [2.45, 2.75) is 12.8 Å². The minimum Gasteiger partial charge on any atom is -0.508 e. The van der Waals surface area contributed by atoms with E-state index in [1.165, 1.54) is 9.13 Å². The molecule has 17 N–H and O–H groups in total. The van der Waals surface area contributed by atoms with Crippen molar-refractivity contribution in [2.75, 3.05) is 0 Å². The Bertz CT molecular complexity index is 3680. The summed E-state index contributed by atoms with van der Waals surface area (Å²) in [6.45, 7) is 0. The number of nitrogens with zero attached hydrogens (tertiary/aromatic N) is 2. The summed E-state index contributed by atoms with van der Waals surface area (Å²) in [5.74, 6) is -20.2. The molecule has 2 radical (unpaired) electrons. The molecular formula is C48H33BN2O17. The molecule has 19 nitrogen and oxygen atoms in total. The summed E-state index contributed by atoms with van der Waals surface area (Å²) in [5.41, 5.74) is -2.03. The van der Waals surface area contributed by atoms with E-state index in [0.717, 1.165) is 5.57 Å². The molecule has 0 aliphatic heterocycles. The van der Waals surface area contributed by atoms with E-state index in [-0.39, 0.29) is 6.42 Å². The van der Waals surface area contributed by atoms with Crippen LogP contribution in [0, 0.1) is 0 Å². The van der Waals surface area contributed by atoms with Gasteiger partial charge in [0.2, 0.25) is 23.0 Å². The maximum atomic E-state index is 11.5. The highest BCUT2D eigenvalue weighted by atomic mass is 16.4. The van der Waals surface area contributed by atoms with E-state index >= 15 is 0 Å². The van der Waals surface area contributed by atoms with Crippen LogP contribution >= 0.6 is 0 Å². The third kappa shape index (κ3) is 5.41. The van der Waals surface area contributed by atoms with Crippen LogP contribution in [-0.2, 0) is 6.42 Å². The van der Waals surface area contributed by atoms with Gasteiger partial charge >= 0.3 is 0 Å². The van der Waals surface area contributed by atoms with Gasteiger partial charge in [0.25, 0.3) is 0 Å². The standard InChI is InChI=1S/C48H33BN2O17/c49-29-32(52)25(37(57)45(65)40(29)60)26-33(53)41(61)30(42(62)34(26)54)50-21-7-3-1-5-17(21)19-13-15(9-11-23(19)50)16-10-12-24-20(14-16)18-6-2-4-8-22(18)51(24)31-43(63)35(55)27(36(56)44(31)64)28-38(58)46(66)48(68)47(67)39(28)59/h1-9,11,13-14,52-68H,10,12H2. The van der Waals surface area contributed by atoms with E-state index in [2.05, 4.69) is 0 Å². The molecule has 68 heavy (non-hydrogen) atoms. The third-order valence-corrected chi connectivity index (χ3v) is 12.5. The van der Waals surface area contributed by atoms with E-state index in [9.17, 15) is 86.8 Å². The summed E-state index contributed by atoms with van der Waals surface area (Å²) < 4.78 is 2.77. The quantitative estimate of drug-likeness (QED) is 0.0509. The average molecular weight is 921 g/mol. The second-order valence-corrected chi connectivity index (χ2v) is 16.0. The summed E-state index contributed by atoms with van der Waals surface area (Å²) in [7, 11) is 5.66. The zero-order chi connectivity index (χ0) is 48.7. The van der Waals surface area contributed by atoms with E-state index in [4.69, 9.17) is 7.85 Å². The van der Waals surface area contributed by atoms with Crippen LogP contribution in [0.15, 0.2) is 66.7 Å². The second-order valence-electron chi connectivity index (χ2n) is 16.0. The Kier molecular flexibility index (Phi) is 8.94. The number of phenolic OH excluding ortho intramolecular Hbond substituents is 17. The molecular weight excluding hydrogens is 887 g/mol. The number of aromatic nitrogens is 2. The maximum Gasteiger partial charge on any atom is 0.208 e. The molecule has 1 aliphatic carbocycles. The first kappa shape index (κ1) is 42.2. The number of hydrogen-bond donors (Lipinski definition) is 17. The fourth-order valence-electron chi connectivity index (χ4n) is 9.27. The summed E-state index contributed by atoms with van der Waals surface area (Å²) in [4.78, 5) is 0. The number of phenols is 17. The molecule has 0 unspecified atom stereocenters. The van der Waals surface area contributed by atoms with Crippen LogP contribution in [0.3, 0.4) is 0 Å². The zero-order valence-corrected chi connectivity index (χ0v) is 34.4. The molecule has 7 aromatic carbocycles. The van der Waals surface area contributed by atoms with Crippen LogP contribution in [-0.4, -0.2) is 104 Å². The first-order chi connectivity index (χ1) is 32.3. The molecule has 0 saturated heterocycles. The molecule has 0 bridgehead atoms. The van der Waals surface area contributed by atoms with Crippen LogP contribution in [0.2, 0.25) is 0 Å². The largest absolute Gasteiger partial charge is 0.508 e. The van der Waals surface area contributed by atoms with E-state index in [1.807, 2.05) is 12.1 Å². The van der Waals surface area contributed by atoms with Crippen LogP contribution in [0.5, 0.6) is 97.7 Å². The van der Waals surface area contributed by atoms with Gasteiger partial charge in [-0.3, -0.25) is 0 Å². The van der Waals surface area contributed by atoms with Crippen LogP contribution < -0.4 is 5.46 Å². The van der Waals surface area contributed by atoms with E-state index < -0.39 is 137 Å². The number of benzene rings is 7. The molecule has 0 saturated carbocycles. The number of rotatable bonds is 5. The summed E-state index contributed by atoms with van der Waals surface area (Å²) in [5, 5.41) is 186. The van der Waals surface area contributed by atoms with Gasteiger partial charge < -0.3 is 95.9 Å². The SMILES string of the molecule is [B]c1c(O)c(O)c(O)c(-c2c(O)c(O)c(-n3c4ccccc4c4cc(C5=Cc6c(n(-c7c(O)c(O)c(-c8c(O)c(O)c(O)c(O)c8O)c(O)c7O)c7ccccc67)CC5)ccc43)c(O)c2O)c1O. The van der Waals surface area contributed by atoms with Gasteiger partial charge in [-0.1, -0.05) is 42.5 Å². The van der Waals surface area contributed by atoms with Crippen molar-refractivity contribution in [1.29, 1.82) is 0 Å². The molecule has 2 aromatic heterocycles. The lowest BCUT2D eigenvalue weighted by Gasteiger charge is -2.22. The topological polar surface area (TPSA) is 354 Å². The lowest BCUT2D eigenvalue weighted by atomic mass is 9.87. The fraction of sp³-hybridized carbons (Fsp3) is 0.0417. The van der Waals surface area contributed by atoms with Crippen molar-refractivity contribution in [3.8, 4) is 131 Å². The average Bonchev–Trinajstić information content (AvgIpc) is 3.84. The van der Waals surface area contributed by atoms with E-state index in [1.54, 1.807) is 60.7 Å².